The topological polar surface area (TPSA) is 120 Å². The number of H-pyrrole nitrogens is 1. The third kappa shape index (κ3) is 4.27. The van der Waals surface area contributed by atoms with Crippen LogP contribution < -0.4 is 10.1 Å². The van der Waals surface area contributed by atoms with Crippen molar-refractivity contribution >= 4 is 23.0 Å². The molecule has 0 bridgehead atoms. The zero-order chi connectivity index (χ0) is 22.0. The molecule has 0 aromatic carbocycles. The molecule has 4 rings (SSSR count). The average Bonchev–Trinajstić information content (AvgIpc) is 3.19. The third-order valence-corrected chi connectivity index (χ3v) is 6.40. The van der Waals surface area contributed by atoms with Gasteiger partial charge in [-0.1, -0.05) is 13.5 Å². The van der Waals surface area contributed by atoms with Crippen molar-refractivity contribution in [1.29, 1.82) is 0 Å². The van der Waals surface area contributed by atoms with E-state index in [1.54, 1.807) is 11.1 Å². The second-order valence-electron chi connectivity index (χ2n) is 8.35. The lowest BCUT2D eigenvalue weighted by Crippen LogP contribution is -2.56. The van der Waals surface area contributed by atoms with Crippen LogP contribution in [0, 0.1) is 0 Å². The molecule has 1 saturated carbocycles. The number of aliphatic hydroxyl groups is 1. The van der Waals surface area contributed by atoms with Crippen molar-refractivity contribution in [2.75, 3.05) is 13.1 Å². The Labute approximate surface area is 180 Å². The van der Waals surface area contributed by atoms with Crippen LogP contribution in [-0.4, -0.2) is 67.6 Å². The Kier molecular flexibility index (Phi) is 5.95. The van der Waals surface area contributed by atoms with Gasteiger partial charge >= 0.3 is 0 Å². The van der Waals surface area contributed by atoms with Crippen LogP contribution in [-0.2, 0) is 4.79 Å². The standard InChI is InChI=1S/C22H29N5O4/c1-3-16(22(30)8-5-9-22)25-21(29)15-12-23-20-19(15)26-17(13-24-20)31-14-6-10-27(11-7-14)18(28)4-2/h4,12-14,16,30H,2-3,5-11H2,1H3,(H,23,24)(H,25,29). The zero-order valence-corrected chi connectivity index (χ0v) is 17.8. The molecule has 2 amide bonds. The Morgan fingerprint density at radius 2 is 2.19 bits per heavy atom. The minimum absolute atomic E-state index is 0.0698. The molecule has 0 radical (unpaired) electrons. The molecule has 1 atom stereocenters. The van der Waals surface area contributed by atoms with Gasteiger partial charge in [0.1, 0.15) is 11.6 Å². The highest BCUT2D eigenvalue weighted by molar-refractivity contribution is 6.04. The van der Waals surface area contributed by atoms with E-state index in [0.717, 1.165) is 6.42 Å². The molecule has 3 heterocycles. The second-order valence-corrected chi connectivity index (χ2v) is 8.35. The number of aromatic amines is 1. The number of likely N-dealkylation sites (tertiary alicyclic amines) is 1. The second kappa shape index (κ2) is 8.66. The Hall–Kier alpha value is -2.94. The van der Waals surface area contributed by atoms with Gasteiger partial charge < -0.3 is 25.0 Å². The number of aromatic nitrogens is 3. The maximum absolute atomic E-state index is 12.9. The predicted octanol–water partition coefficient (Wildman–Crippen LogP) is 1.94. The van der Waals surface area contributed by atoms with Gasteiger partial charge in [0.2, 0.25) is 11.8 Å². The lowest BCUT2D eigenvalue weighted by molar-refractivity contribution is -0.127. The summed E-state index contributed by atoms with van der Waals surface area (Å²) in [7, 11) is 0. The number of ether oxygens (including phenoxy) is 1. The summed E-state index contributed by atoms with van der Waals surface area (Å²) in [4.78, 5) is 38.2. The van der Waals surface area contributed by atoms with E-state index >= 15 is 0 Å². The normalized spacial score (nSPS) is 19.5. The van der Waals surface area contributed by atoms with Crippen molar-refractivity contribution in [3.05, 3.63) is 30.6 Å². The smallest absolute Gasteiger partial charge is 0.255 e. The van der Waals surface area contributed by atoms with Crippen molar-refractivity contribution in [2.24, 2.45) is 0 Å². The number of nitrogens with zero attached hydrogens (tertiary/aromatic N) is 3. The molecule has 1 aliphatic heterocycles. The van der Waals surface area contributed by atoms with Gasteiger partial charge in [-0.3, -0.25) is 9.59 Å². The number of carbonyl (C=O) groups excluding carboxylic acids is 2. The summed E-state index contributed by atoms with van der Waals surface area (Å²) in [6.07, 6.45) is 8.78. The molecule has 2 aromatic rings. The molecule has 166 valence electrons. The van der Waals surface area contributed by atoms with E-state index in [2.05, 4.69) is 26.8 Å². The fraction of sp³-hybridized carbons (Fsp3) is 0.545. The molecule has 2 aliphatic rings. The molecule has 1 saturated heterocycles. The number of nitrogens with one attached hydrogen (secondary N) is 2. The number of amides is 2. The average molecular weight is 428 g/mol. The molecule has 9 heteroatoms. The highest BCUT2D eigenvalue weighted by atomic mass is 16.5. The van der Waals surface area contributed by atoms with Crippen LogP contribution in [0.25, 0.3) is 11.2 Å². The summed E-state index contributed by atoms with van der Waals surface area (Å²) in [5, 5.41) is 13.6. The van der Waals surface area contributed by atoms with Gasteiger partial charge in [-0.15, -0.1) is 0 Å². The van der Waals surface area contributed by atoms with Gasteiger partial charge in [-0.05, 0) is 31.8 Å². The van der Waals surface area contributed by atoms with Crippen molar-refractivity contribution in [3.63, 3.8) is 0 Å². The van der Waals surface area contributed by atoms with Gasteiger partial charge in [0.25, 0.3) is 5.91 Å². The van der Waals surface area contributed by atoms with Crippen molar-refractivity contribution in [2.45, 2.75) is 63.2 Å². The van der Waals surface area contributed by atoms with E-state index in [4.69, 9.17) is 4.74 Å². The SMILES string of the molecule is C=CC(=O)N1CCC(Oc2cnc3[nH]cc(C(=O)NC(CC)C4(O)CCC4)c3n2)CC1. The van der Waals surface area contributed by atoms with Gasteiger partial charge in [0.15, 0.2) is 5.65 Å². The summed E-state index contributed by atoms with van der Waals surface area (Å²) < 4.78 is 5.99. The number of piperidine rings is 1. The maximum atomic E-state index is 12.9. The van der Waals surface area contributed by atoms with E-state index in [9.17, 15) is 14.7 Å². The Morgan fingerprint density at radius 3 is 2.81 bits per heavy atom. The molecule has 31 heavy (non-hydrogen) atoms. The summed E-state index contributed by atoms with van der Waals surface area (Å²) in [6.45, 7) is 6.68. The molecule has 2 fully saturated rings. The first-order valence-corrected chi connectivity index (χ1v) is 10.9. The maximum Gasteiger partial charge on any atom is 0.255 e. The summed E-state index contributed by atoms with van der Waals surface area (Å²) >= 11 is 0. The third-order valence-electron chi connectivity index (χ3n) is 6.40. The number of fused-ring (bicyclic) bond motifs is 1. The van der Waals surface area contributed by atoms with Crippen molar-refractivity contribution in [3.8, 4) is 5.88 Å². The fourth-order valence-corrected chi connectivity index (χ4v) is 4.34. The van der Waals surface area contributed by atoms with Crippen LogP contribution in [0.4, 0.5) is 0 Å². The Balaban J connectivity index is 1.44. The predicted molar refractivity (Wildman–Crippen MR) is 115 cm³/mol. The summed E-state index contributed by atoms with van der Waals surface area (Å²) in [5.74, 6) is -0.0139. The lowest BCUT2D eigenvalue weighted by atomic mass is 9.74. The van der Waals surface area contributed by atoms with E-state index in [1.165, 1.54) is 12.3 Å². The molecule has 0 spiro atoms. The molecule has 1 aliphatic carbocycles. The minimum Gasteiger partial charge on any atom is -0.473 e. The fourth-order valence-electron chi connectivity index (χ4n) is 4.34. The Bertz CT molecular complexity index is 975. The first-order chi connectivity index (χ1) is 14.9. The first-order valence-electron chi connectivity index (χ1n) is 10.9. The van der Waals surface area contributed by atoms with E-state index in [-0.39, 0.29) is 24.0 Å². The van der Waals surface area contributed by atoms with Crippen LogP contribution in [0.15, 0.2) is 25.0 Å². The lowest BCUT2D eigenvalue weighted by Gasteiger charge is -2.43. The molecule has 2 aromatic heterocycles. The van der Waals surface area contributed by atoms with Crippen LogP contribution >= 0.6 is 0 Å². The molecular formula is C22H29N5O4. The zero-order valence-electron chi connectivity index (χ0n) is 17.8. The summed E-state index contributed by atoms with van der Waals surface area (Å²) in [6, 6.07) is -0.297. The Morgan fingerprint density at radius 1 is 1.45 bits per heavy atom. The minimum atomic E-state index is -0.821. The van der Waals surface area contributed by atoms with Crippen LogP contribution in [0.3, 0.4) is 0 Å². The molecule has 1 unspecified atom stereocenters. The number of carbonyl (C=O) groups is 2. The van der Waals surface area contributed by atoms with Crippen molar-refractivity contribution < 1.29 is 19.4 Å². The van der Waals surface area contributed by atoms with E-state index in [0.29, 0.717) is 67.8 Å². The van der Waals surface area contributed by atoms with Gasteiger partial charge in [-0.25, -0.2) is 9.97 Å². The molecular weight excluding hydrogens is 398 g/mol. The number of hydrogen-bond acceptors (Lipinski definition) is 6. The van der Waals surface area contributed by atoms with Crippen LogP contribution in [0.1, 0.15) is 55.8 Å². The number of rotatable bonds is 7. The van der Waals surface area contributed by atoms with Gasteiger partial charge in [0.05, 0.1) is 23.4 Å². The molecule has 9 nitrogen and oxygen atoms in total. The van der Waals surface area contributed by atoms with E-state index in [1.807, 2.05) is 6.92 Å². The monoisotopic (exact) mass is 427 g/mol. The van der Waals surface area contributed by atoms with Crippen LogP contribution in [0.2, 0.25) is 0 Å². The largest absolute Gasteiger partial charge is 0.473 e. The first kappa shape index (κ1) is 21.3. The highest BCUT2D eigenvalue weighted by Crippen LogP contribution is 2.36. The van der Waals surface area contributed by atoms with Crippen LogP contribution in [0.5, 0.6) is 5.88 Å². The van der Waals surface area contributed by atoms with Gasteiger partial charge in [-0.2, -0.15) is 0 Å². The molecule has 3 N–H and O–H groups in total. The van der Waals surface area contributed by atoms with Crippen molar-refractivity contribution in [1.82, 2.24) is 25.2 Å². The van der Waals surface area contributed by atoms with E-state index < -0.39 is 5.60 Å². The quantitative estimate of drug-likeness (QED) is 0.581. The summed E-state index contributed by atoms with van der Waals surface area (Å²) in [5.41, 5.74) is 0.489. The number of hydrogen-bond donors (Lipinski definition) is 3. The van der Waals surface area contributed by atoms with Gasteiger partial charge in [0, 0.05) is 32.1 Å². The highest BCUT2D eigenvalue weighted by Gasteiger charge is 2.42.